The molecule has 0 spiro atoms. The summed E-state index contributed by atoms with van der Waals surface area (Å²) in [6.45, 7) is 3.00. The van der Waals surface area contributed by atoms with E-state index >= 15 is 0 Å². The Morgan fingerprint density at radius 2 is 2.00 bits per heavy atom. The summed E-state index contributed by atoms with van der Waals surface area (Å²) in [7, 11) is 1.89. The second-order valence-electron chi connectivity index (χ2n) is 5.07. The molecule has 0 fully saturated rings. The molecule has 0 radical (unpaired) electrons. The minimum atomic E-state index is -0.435. The molecular formula is C17H20N2O3S. The van der Waals surface area contributed by atoms with Crippen LogP contribution in [0.25, 0.3) is 0 Å². The van der Waals surface area contributed by atoms with Gasteiger partial charge in [-0.2, -0.15) is 0 Å². The van der Waals surface area contributed by atoms with Gasteiger partial charge < -0.3 is 10.1 Å². The summed E-state index contributed by atoms with van der Waals surface area (Å²) in [5.41, 5.74) is 0.837. The number of amides is 1. The Morgan fingerprint density at radius 3 is 2.70 bits per heavy atom. The van der Waals surface area contributed by atoms with Crippen molar-refractivity contribution in [3.8, 4) is 0 Å². The number of anilines is 1. The van der Waals surface area contributed by atoms with Crippen molar-refractivity contribution in [2.75, 3.05) is 25.5 Å². The van der Waals surface area contributed by atoms with Crippen molar-refractivity contribution in [3.05, 3.63) is 52.2 Å². The van der Waals surface area contributed by atoms with Crippen molar-refractivity contribution in [1.82, 2.24) is 4.90 Å². The molecule has 23 heavy (non-hydrogen) atoms. The van der Waals surface area contributed by atoms with E-state index in [0.717, 1.165) is 0 Å². The third-order valence-electron chi connectivity index (χ3n) is 3.12. The number of carbonyl (C=O) groups excluding carboxylic acids is 2. The first-order valence-corrected chi connectivity index (χ1v) is 8.25. The minimum absolute atomic E-state index is 0.166. The van der Waals surface area contributed by atoms with Crippen LogP contribution in [0.3, 0.4) is 0 Å². The average Bonchev–Trinajstić information content (AvgIpc) is 3.00. The minimum Gasteiger partial charge on any atom is -0.462 e. The summed E-state index contributed by atoms with van der Waals surface area (Å²) in [6.07, 6.45) is 0. The molecule has 1 aromatic heterocycles. The van der Waals surface area contributed by atoms with Crippen LogP contribution in [-0.2, 0) is 16.1 Å². The standard InChI is InChI=1S/C17H20N2O3S/c1-3-22-17(21)14-8-4-5-9-15(14)18-16(20)12-19(2)11-13-7-6-10-23-13/h4-10H,3,11-12H2,1-2H3,(H,18,20). The molecule has 0 bridgehead atoms. The fourth-order valence-corrected chi connectivity index (χ4v) is 2.92. The van der Waals surface area contributed by atoms with Gasteiger partial charge in [0.15, 0.2) is 0 Å². The molecule has 0 saturated carbocycles. The molecule has 0 saturated heterocycles. The van der Waals surface area contributed by atoms with E-state index in [2.05, 4.69) is 5.32 Å². The number of benzene rings is 1. The van der Waals surface area contributed by atoms with Gasteiger partial charge in [0, 0.05) is 11.4 Å². The molecule has 2 rings (SSSR count). The number of carbonyl (C=O) groups is 2. The van der Waals surface area contributed by atoms with Crippen LogP contribution < -0.4 is 5.32 Å². The summed E-state index contributed by atoms with van der Waals surface area (Å²) in [4.78, 5) is 27.2. The number of nitrogens with one attached hydrogen (secondary N) is 1. The number of hydrogen-bond acceptors (Lipinski definition) is 5. The van der Waals surface area contributed by atoms with Crippen molar-refractivity contribution in [1.29, 1.82) is 0 Å². The molecule has 1 amide bonds. The Labute approximate surface area is 139 Å². The van der Waals surface area contributed by atoms with E-state index in [1.807, 2.05) is 29.5 Å². The van der Waals surface area contributed by atoms with E-state index in [-0.39, 0.29) is 12.5 Å². The molecular weight excluding hydrogens is 312 g/mol. The van der Waals surface area contributed by atoms with Crippen LogP contribution in [0.1, 0.15) is 22.2 Å². The first kappa shape index (κ1) is 17.2. The summed E-state index contributed by atoms with van der Waals surface area (Å²) in [5.74, 6) is -0.601. The van der Waals surface area contributed by atoms with Gasteiger partial charge in [-0.3, -0.25) is 9.69 Å². The maximum atomic E-state index is 12.2. The normalized spacial score (nSPS) is 10.6. The predicted molar refractivity (Wildman–Crippen MR) is 91.7 cm³/mol. The number of thiophene rings is 1. The van der Waals surface area contributed by atoms with E-state index in [4.69, 9.17) is 4.74 Å². The smallest absolute Gasteiger partial charge is 0.340 e. The first-order valence-electron chi connectivity index (χ1n) is 7.37. The highest BCUT2D eigenvalue weighted by molar-refractivity contribution is 7.09. The zero-order chi connectivity index (χ0) is 16.7. The quantitative estimate of drug-likeness (QED) is 0.792. The van der Waals surface area contributed by atoms with Crippen LogP contribution in [0.4, 0.5) is 5.69 Å². The Balaban J connectivity index is 1.96. The van der Waals surface area contributed by atoms with Gasteiger partial charge in [-0.25, -0.2) is 4.79 Å². The van der Waals surface area contributed by atoms with Crippen molar-refractivity contribution in [2.24, 2.45) is 0 Å². The summed E-state index contributed by atoms with van der Waals surface area (Å²) >= 11 is 1.66. The average molecular weight is 332 g/mol. The number of nitrogens with zero attached hydrogens (tertiary/aromatic N) is 1. The zero-order valence-electron chi connectivity index (χ0n) is 13.2. The van der Waals surface area contributed by atoms with Gasteiger partial charge in [0.25, 0.3) is 0 Å². The maximum absolute atomic E-state index is 12.2. The van der Waals surface area contributed by atoms with Crippen molar-refractivity contribution >= 4 is 28.9 Å². The Kier molecular flexibility index (Phi) is 6.31. The summed E-state index contributed by atoms with van der Waals surface area (Å²) in [6, 6.07) is 10.9. The summed E-state index contributed by atoms with van der Waals surface area (Å²) in [5, 5.41) is 4.80. The zero-order valence-corrected chi connectivity index (χ0v) is 14.1. The molecule has 0 atom stereocenters. The Morgan fingerprint density at radius 1 is 1.22 bits per heavy atom. The second kappa shape index (κ2) is 8.45. The molecule has 0 aliphatic carbocycles. The Hall–Kier alpha value is -2.18. The molecule has 0 aliphatic heterocycles. The lowest BCUT2D eigenvalue weighted by molar-refractivity contribution is -0.117. The highest BCUT2D eigenvalue weighted by Gasteiger charge is 2.15. The van der Waals surface area contributed by atoms with Gasteiger partial charge >= 0.3 is 5.97 Å². The molecule has 2 aromatic rings. The topological polar surface area (TPSA) is 58.6 Å². The molecule has 1 heterocycles. The number of hydrogen-bond donors (Lipinski definition) is 1. The van der Waals surface area contributed by atoms with E-state index in [1.54, 1.807) is 42.5 Å². The molecule has 1 N–H and O–H groups in total. The number of esters is 1. The van der Waals surface area contributed by atoms with Crippen LogP contribution in [0.5, 0.6) is 0 Å². The molecule has 1 aromatic carbocycles. The summed E-state index contributed by atoms with van der Waals surface area (Å²) < 4.78 is 5.00. The fraction of sp³-hybridized carbons (Fsp3) is 0.294. The molecule has 0 aliphatic rings. The van der Waals surface area contributed by atoms with E-state index in [1.165, 1.54) is 4.88 Å². The van der Waals surface area contributed by atoms with Gasteiger partial charge in [0.05, 0.1) is 24.4 Å². The van der Waals surface area contributed by atoms with Crippen LogP contribution >= 0.6 is 11.3 Å². The lowest BCUT2D eigenvalue weighted by atomic mass is 10.2. The highest BCUT2D eigenvalue weighted by Crippen LogP contribution is 2.16. The van der Waals surface area contributed by atoms with E-state index < -0.39 is 5.97 Å². The largest absolute Gasteiger partial charge is 0.462 e. The van der Waals surface area contributed by atoms with Gasteiger partial charge in [-0.15, -0.1) is 11.3 Å². The molecule has 0 unspecified atom stereocenters. The SMILES string of the molecule is CCOC(=O)c1ccccc1NC(=O)CN(C)Cc1cccs1. The van der Waals surface area contributed by atoms with Crippen LogP contribution in [0, 0.1) is 0 Å². The lowest BCUT2D eigenvalue weighted by Crippen LogP contribution is -2.30. The number of ether oxygens (including phenoxy) is 1. The van der Waals surface area contributed by atoms with Crippen molar-refractivity contribution < 1.29 is 14.3 Å². The van der Waals surface area contributed by atoms with Crippen molar-refractivity contribution in [2.45, 2.75) is 13.5 Å². The van der Waals surface area contributed by atoms with Crippen LogP contribution in [0.2, 0.25) is 0 Å². The maximum Gasteiger partial charge on any atom is 0.340 e. The fourth-order valence-electron chi connectivity index (χ4n) is 2.14. The Bertz CT molecular complexity index is 656. The number of likely N-dealkylation sites (N-methyl/N-ethyl adjacent to an activating group) is 1. The highest BCUT2D eigenvalue weighted by atomic mass is 32.1. The molecule has 5 nitrogen and oxygen atoms in total. The first-order chi connectivity index (χ1) is 11.1. The van der Waals surface area contributed by atoms with Gasteiger partial charge in [-0.1, -0.05) is 18.2 Å². The van der Waals surface area contributed by atoms with E-state index in [0.29, 0.717) is 24.4 Å². The van der Waals surface area contributed by atoms with Crippen molar-refractivity contribution in [3.63, 3.8) is 0 Å². The van der Waals surface area contributed by atoms with Crippen LogP contribution in [-0.4, -0.2) is 37.0 Å². The monoisotopic (exact) mass is 332 g/mol. The van der Waals surface area contributed by atoms with Gasteiger partial charge in [0.2, 0.25) is 5.91 Å². The number of para-hydroxylation sites is 1. The van der Waals surface area contributed by atoms with Gasteiger partial charge in [0.1, 0.15) is 0 Å². The number of rotatable bonds is 7. The van der Waals surface area contributed by atoms with Crippen LogP contribution in [0.15, 0.2) is 41.8 Å². The predicted octanol–water partition coefficient (Wildman–Crippen LogP) is 3.00. The van der Waals surface area contributed by atoms with E-state index in [9.17, 15) is 9.59 Å². The lowest BCUT2D eigenvalue weighted by Gasteiger charge is -2.16. The second-order valence-corrected chi connectivity index (χ2v) is 6.10. The third kappa shape index (κ3) is 5.19. The van der Waals surface area contributed by atoms with Gasteiger partial charge in [-0.05, 0) is 37.6 Å². The molecule has 122 valence electrons. The molecule has 6 heteroatoms. The third-order valence-corrected chi connectivity index (χ3v) is 3.98.